The Morgan fingerprint density at radius 3 is 2.50 bits per heavy atom. The lowest BCUT2D eigenvalue weighted by atomic mass is 10.2. The molecule has 0 aliphatic rings. The Labute approximate surface area is 126 Å². The third-order valence-corrected chi connectivity index (χ3v) is 3.94. The molecule has 0 radical (unpaired) electrons. The van der Waals surface area contributed by atoms with Crippen molar-refractivity contribution in [3.8, 4) is 11.4 Å². The molecule has 18 heavy (non-hydrogen) atoms. The molecular weight excluding hydrogens is 379 g/mol. The second-order valence-electron chi connectivity index (χ2n) is 3.88. The van der Waals surface area contributed by atoms with Gasteiger partial charge in [0.15, 0.2) is 0 Å². The van der Waals surface area contributed by atoms with Crippen molar-refractivity contribution in [2.45, 2.75) is 0 Å². The summed E-state index contributed by atoms with van der Waals surface area (Å²) in [6.45, 7) is 0. The molecule has 0 fully saturated rings. The minimum atomic E-state index is 0.721. The van der Waals surface area contributed by atoms with Crippen LogP contribution in [-0.4, -0.2) is 9.97 Å². The fourth-order valence-corrected chi connectivity index (χ4v) is 3.23. The minimum Gasteiger partial charge on any atom is -0.338 e. The zero-order valence-corrected chi connectivity index (χ0v) is 13.0. The highest BCUT2D eigenvalue weighted by atomic mass is 79.9. The third kappa shape index (κ3) is 2.20. The second-order valence-corrected chi connectivity index (χ2v) is 6.08. The Kier molecular flexibility index (Phi) is 3.18. The van der Waals surface area contributed by atoms with Crippen molar-refractivity contribution in [3.05, 3.63) is 50.4 Å². The first-order valence-electron chi connectivity index (χ1n) is 5.24. The normalized spacial score (nSPS) is 11.1. The van der Waals surface area contributed by atoms with Crippen LogP contribution >= 0.6 is 43.5 Å². The Morgan fingerprint density at radius 1 is 1.06 bits per heavy atom. The molecule has 3 aromatic rings. The van der Waals surface area contributed by atoms with Gasteiger partial charge in [-0.3, -0.25) is 0 Å². The maximum absolute atomic E-state index is 5.88. The van der Waals surface area contributed by atoms with Gasteiger partial charge in [0.2, 0.25) is 0 Å². The van der Waals surface area contributed by atoms with Gasteiger partial charge in [-0.15, -0.1) is 0 Å². The van der Waals surface area contributed by atoms with Gasteiger partial charge in [0.25, 0.3) is 0 Å². The first kappa shape index (κ1) is 12.2. The van der Waals surface area contributed by atoms with Crippen LogP contribution in [0.4, 0.5) is 0 Å². The molecule has 0 unspecified atom stereocenters. The third-order valence-electron chi connectivity index (χ3n) is 2.62. The number of halogens is 3. The van der Waals surface area contributed by atoms with Crippen molar-refractivity contribution in [2.24, 2.45) is 0 Å². The van der Waals surface area contributed by atoms with E-state index in [1.165, 1.54) is 0 Å². The predicted molar refractivity (Wildman–Crippen MR) is 81.9 cm³/mol. The molecule has 2 aromatic carbocycles. The summed E-state index contributed by atoms with van der Waals surface area (Å²) in [7, 11) is 0. The van der Waals surface area contributed by atoms with Gasteiger partial charge in [0.05, 0.1) is 5.52 Å². The summed E-state index contributed by atoms with van der Waals surface area (Å²) < 4.78 is 1.97. The number of nitrogens with zero attached hydrogens (tertiary/aromatic N) is 1. The molecule has 0 spiro atoms. The number of nitrogens with one attached hydrogen (secondary N) is 1. The van der Waals surface area contributed by atoms with Crippen LogP contribution in [-0.2, 0) is 0 Å². The number of fused-ring (bicyclic) bond motifs is 1. The first-order valence-corrected chi connectivity index (χ1v) is 7.20. The van der Waals surface area contributed by atoms with E-state index in [0.29, 0.717) is 0 Å². The molecule has 0 saturated carbocycles. The van der Waals surface area contributed by atoms with Crippen molar-refractivity contribution < 1.29 is 0 Å². The Morgan fingerprint density at radius 2 is 1.78 bits per heavy atom. The van der Waals surface area contributed by atoms with Gasteiger partial charge in [-0.2, -0.15) is 0 Å². The maximum Gasteiger partial charge on any atom is 0.138 e. The SMILES string of the molecule is Clc1ccc(-c2nc3c(Br)cc(Br)cc3[nH]2)cc1. The lowest BCUT2D eigenvalue weighted by Gasteiger charge is -1.95. The van der Waals surface area contributed by atoms with E-state index in [4.69, 9.17) is 11.6 Å². The molecule has 0 amide bonds. The summed E-state index contributed by atoms with van der Waals surface area (Å²) in [4.78, 5) is 7.89. The highest BCUT2D eigenvalue weighted by Gasteiger charge is 2.08. The van der Waals surface area contributed by atoms with Gasteiger partial charge in [-0.05, 0) is 52.3 Å². The van der Waals surface area contributed by atoms with E-state index in [1.54, 1.807) is 0 Å². The van der Waals surface area contributed by atoms with Crippen molar-refractivity contribution in [1.82, 2.24) is 9.97 Å². The van der Waals surface area contributed by atoms with Gasteiger partial charge < -0.3 is 4.98 Å². The van der Waals surface area contributed by atoms with E-state index >= 15 is 0 Å². The fraction of sp³-hybridized carbons (Fsp3) is 0. The van der Waals surface area contributed by atoms with Crippen molar-refractivity contribution in [3.63, 3.8) is 0 Å². The molecule has 1 heterocycles. The maximum atomic E-state index is 5.88. The van der Waals surface area contributed by atoms with Crippen LogP contribution in [0.5, 0.6) is 0 Å². The van der Waals surface area contributed by atoms with E-state index in [0.717, 1.165) is 36.4 Å². The number of aromatic nitrogens is 2. The first-order chi connectivity index (χ1) is 8.63. The second kappa shape index (κ2) is 4.68. The molecule has 1 N–H and O–H groups in total. The summed E-state index contributed by atoms with van der Waals surface area (Å²) >= 11 is 12.9. The molecule has 0 atom stereocenters. The van der Waals surface area contributed by atoms with Gasteiger partial charge in [-0.1, -0.05) is 27.5 Å². The van der Waals surface area contributed by atoms with Gasteiger partial charge in [-0.25, -0.2) is 4.98 Å². The highest BCUT2D eigenvalue weighted by Crippen LogP contribution is 2.29. The minimum absolute atomic E-state index is 0.721. The Balaban J connectivity index is 2.19. The summed E-state index contributed by atoms with van der Waals surface area (Å²) in [5.74, 6) is 0.834. The van der Waals surface area contributed by atoms with E-state index in [9.17, 15) is 0 Å². The Hall–Kier alpha value is -0.840. The van der Waals surface area contributed by atoms with Crippen LogP contribution in [0, 0.1) is 0 Å². The van der Waals surface area contributed by atoms with Gasteiger partial charge in [0, 0.05) is 19.5 Å². The molecule has 0 aliphatic heterocycles. The standard InChI is InChI=1S/C13H7Br2ClN2/c14-8-5-10(15)12-11(6-8)17-13(18-12)7-1-3-9(16)4-2-7/h1-6H,(H,17,18). The summed E-state index contributed by atoms with van der Waals surface area (Å²) in [5.41, 5.74) is 2.92. The zero-order valence-electron chi connectivity index (χ0n) is 9.05. The van der Waals surface area contributed by atoms with Crippen LogP contribution in [0.3, 0.4) is 0 Å². The molecule has 90 valence electrons. The average molecular weight is 386 g/mol. The predicted octanol–water partition coefficient (Wildman–Crippen LogP) is 5.41. The molecular formula is C13H7Br2ClN2. The van der Waals surface area contributed by atoms with E-state index in [1.807, 2.05) is 36.4 Å². The topological polar surface area (TPSA) is 28.7 Å². The molecule has 0 saturated heterocycles. The van der Waals surface area contributed by atoms with Crippen molar-refractivity contribution in [2.75, 3.05) is 0 Å². The Bertz CT molecular complexity index is 720. The largest absolute Gasteiger partial charge is 0.338 e. The number of hydrogen-bond acceptors (Lipinski definition) is 1. The zero-order chi connectivity index (χ0) is 12.7. The van der Waals surface area contributed by atoms with E-state index in [2.05, 4.69) is 41.8 Å². The van der Waals surface area contributed by atoms with Crippen LogP contribution in [0.2, 0.25) is 5.02 Å². The molecule has 1 aromatic heterocycles. The summed E-state index contributed by atoms with van der Waals surface area (Å²) in [5, 5.41) is 0.721. The van der Waals surface area contributed by atoms with Crippen LogP contribution in [0.25, 0.3) is 22.4 Å². The summed E-state index contributed by atoms with van der Waals surface area (Å²) in [6.07, 6.45) is 0. The lowest BCUT2D eigenvalue weighted by Crippen LogP contribution is -1.78. The number of H-pyrrole nitrogens is 1. The van der Waals surface area contributed by atoms with Crippen molar-refractivity contribution in [1.29, 1.82) is 0 Å². The summed E-state index contributed by atoms with van der Waals surface area (Å²) in [6, 6.07) is 11.6. The van der Waals surface area contributed by atoms with Crippen molar-refractivity contribution >= 4 is 54.5 Å². The van der Waals surface area contributed by atoms with Crippen LogP contribution < -0.4 is 0 Å². The average Bonchev–Trinajstić information content (AvgIpc) is 2.74. The molecule has 3 rings (SSSR count). The van der Waals surface area contributed by atoms with Gasteiger partial charge >= 0.3 is 0 Å². The monoisotopic (exact) mass is 384 g/mol. The quantitative estimate of drug-likeness (QED) is 0.595. The number of imidazole rings is 1. The van der Waals surface area contributed by atoms with Gasteiger partial charge in [0.1, 0.15) is 11.3 Å². The molecule has 0 aliphatic carbocycles. The smallest absolute Gasteiger partial charge is 0.138 e. The highest BCUT2D eigenvalue weighted by molar-refractivity contribution is 9.11. The van der Waals surface area contributed by atoms with E-state index < -0.39 is 0 Å². The molecule has 2 nitrogen and oxygen atoms in total. The number of benzene rings is 2. The van der Waals surface area contributed by atoms with Crippen LogP contribution in [0.15, 0.2) is 45.3 Å². The fourth-order valence-electron chi connectivity index (χ4n) is 1.79. The van der Waals surface area contributed by atoms with E-state index in [-0.39, 0.29) is 0 Å². The number of aromatic amines is 1. The van der Waals surface area contributed by atoms with Crippen LogP contribution in [0.1, 0.15) is 0 Å². The number of hydrogen-bond donors (Lipinski definition) is 1. The molecule has 0 bridgehead atoms. The lowest BCUT2D eigenvalue weighted by molar-refractivity contribution is 1.33. The molecule has 5 heteroatoms. The number of rotatable bonds is 1.